The van der Waals surface area contributed by atoms with Gasteiger partial charge in [0.2, 0.25) is 5.91 Å². The molecule has 152 valence electrons. The highest BCUT2D eigenvalue weighted by Crippen LogP contribution is 2.26. The number of furan rings is 1. The van der Waals surface area contributed by atoms with Crippen LogP contribution >= 0.6 is 11.8 Å². The van der Waals surface area contributed by atoms with Crippen LogP contribution in [0.1, 0.15) is 49.4 Å². The Morgan fingerprint density at radius 1 is 1.24 bits per heavy atom. The molecule has 6 nitrogen and oxygen atoms in total. The third-order valence-electron chi connectivity index (χ3n) is 5.36. The van der Waals surface area contributed by atoms with Crippen molar-refractivity contribution in [3.8, 4) is 11.6 Å². The molecular weight excluding hydrogens is 384 g/mol. The number of hydrogen-bond donors (Lipinski definition) is 1. The average molecular weight is 411 g/mol. The molecule has 0 fully saturated rings. The maximum Gasteiger partial charge on any atom is 0.230 e. The predicted molar refractivity (Wildman–Crippen MR) is 114 cm³/mol. The number of thioether (sulfide) groups is 1. The highest BCUT2D eigenvalue weighted by molar-refractivity contribution is 7.99. The van der Waals surface area contributed by atoms with E-state index >= 15 is 0 Å². The van der Waals surface area contributed by atoms with Gasteiger partial charge in [0.15, 0.2) is 16.7 Å². The lowest BCUT2D eigenvalue weighted by molar-refractivity contribution is -0.119. The van der Waals surface area contributed by atoms with Crippen molar-refractivity contribution in [3.63, 3.8) is 0 Å². The van der Waals surface area contributed by atoms with Crippen LogP contribution in [0, 0.1) is 0 Å². The van der Waals surface area contributed by atoms with E-state index in [-0.39, 0.29) is 11.9 Å². The molecule has 1 amide bonds. The molecule has 1 aromatic carbocycles. The molecule has 0 spiro atoms. The molecule has 0 unspecified atom stereocenters. The summed E-state index contributed by atoms with van der Waals surface area (Å²) in [7, 11) is 0. The van der Waals surface area contributed by atoms with E-state index in [9.17, 15) is 4.79 Å². The van der Waals surface area contributed by atoms with Crippen LogP contribution in [0.25, 0.3) is 11.6 Å². The Morgan fingerprint density at radius 2 is 2.07 bits per heavy atom. The molecule has 3 aromatic rings. The molecule has 1 aliphatic rings. The van der Waals surface area contributed by atoms with Crippen molar-refractivity contribution in [2.45, 2.75) is 57.3 Å². The molecule has 2 heterocycles. The lowest BCUT2D eigenvalue weighted by atomic mass is 9.89. The van der Waals surface area contributed by atoms with Gasteiger partial charge >= 0.3 is 0 Å². The molecule has 0 saturated carbocycles. The Bertz CT molecular complexity index is 981. The molecule has 1 atom stereocenters. The SMILES string of the molecule is CCn1c(SCC(=O)N[C@H](C)c2ccc3c(c2)CCCC3)nnc1-c1ccco1. The number of carbonyl (C=O) groups is 1. The zero-order valence-corrected chi connectivity index (χ0v) is 17.7. The topological polar surface area (TPSA) is 73.0 Å². The summed E-state index contributed by atoms with van der Waals surface area (Å²) in [4.78, 5) is 12.5. The number of hydrogen-bond acceptors (Lipinski definition) is 5. The fourth-order valence-corrected chi connectivity index (χ4v) is 4.60. The van der Waals surface area contributed by atoms with E-state index < -0.39 is 0 Å². The average Bonchev–Trinajstić information content (AvgIpc) is 3.41. The van der Waals surface area contributed by atoms with Crippen molar-refractivity contribution in [1.29, 1.82) is 0 Å². The summed E-state index contributed by atoms with van der Waals surface area (Å²) in [6.45, 7) is 4.77. The number of fused-ring (bicyclic) bond motifs is 1. The Balaban J connectivity index is 1.37. The maximum atomic E-state index is 12.5. The van der Waals surface area contributed by atoms with Gasteiger partial charge in [-0.1, -0.05) is 30.0 Å². The molecule has 0 radical (unpaired) electrons. The van der Waals surface area contributed by atoms with Gasteiger partial charge < -0.3 is 9.73 Å². The first kappa shape index (κ1) is 19.8. The van der Waals surface area contributed by atoms with E-state index in [1.54, 1.807) is 6.26 Å². The summed E-state index contributed by atoms with van der Waals surface area (Å²) >= 11 is 1.39. The number of aryl methyl sites for hydroxylation is 2. The summed E-state index contributed by atoms with van der Waals surface area (Å²) in [6.07, 6.45) is 6.47. The Labute approximate surface area is 175 Å². The third-order valence-corrected chi connectivity index (χ3v) is 6.32. The van der Waals surface area contributed by atoms with Crippen LogP contribution in [0.3, 0.4) is 0 Å². The second-order valence-electron chi connectivity index (χ2n) is 7.34. The van der Waals surface area contributed by atoms with Gasteiger partial charge in [0.25, 0.3) is 0 Å². The molecule has 1 aliphatic carbocycles. The van der Waals surface area contributed by atoms with E-state index in [2.05, 4.69) is 33.7 Å². The van der Waals surface area contributed by atoms with Crippen molar-refractivity contribution in [1.82, 2.24) is 20.1 Å². The van der Waals surface area contributed by atoms with Crippen LogP contribution in [0.15, 0.2) is 46.2 Å². The monoisotopic (exact) mass is 410 g/mol. The predicted octanol–water partition coefficient (Wildman–Crippen LogP) is 4.41. The summed E-state index contributed by atoms with van der Waals surface area (Å²) in [5, 5.41) is 12.3. The van der Waals surface area contributed by atoms with Gasteiger partial charge in [-0.15, -0.1) is 10.2 Å². The zero-order valence-electron chi connectivity index (χ0n) is 16.9. The van der Waals surface area contributed by atoms with E-state index in [1.165, 1.54) is 47.7 Å². The molecule has 0 aliphatic heterocycles. The van der Waals surface area contributed by atoms with Crippen LogP contribution in [-0.4, -0.2) is 26.4 Å². The number of nitrogens with one attached hydrogen (secondary N) is 1. The second-order valence-corrected chi connectivity index (χ2v) is 8.28. The van der Waals surface area contributed by atoms with Gasteiger partial charge in [0.05, 0.1) is 18.1 Å². The van der Waals surface area contributed by atoms with Crippen LogP contribution in [0.4, 0.5) is 0 Å². The second kappa shape index (κ2) is 8.86. The molecule has 2 aromatic heterocycles. The van der Waals surface area contributed by atoms with Crippen molar-refractivity contribution in [3.05, 3.63) is 53.3 Å². The van der Waals surface area contributed by atoms with Crippen LogP contribution < -0.4 is 5.32 Å². The first-order valence-corrected chi connectivity index (χ1v) is 11.1. The quantitative estimate of drug-likeness (QED) is 0.584. The zero-order chi connectivity index (χ0) is 20.2. The summed E-state index contributed by atoms with van der Waals surface area (Å²) in [5.74, 6) is 1.65. The maximum absolute atomic E-state index is 12.5. The number of nitrogens with zero attached hydrogens (tertiary/aromatic N) is 3. The van der Waals surface area contributed by atoms with Gasteiger partial charge in [-0.2, -0.15) is 0 Å². The molecule has 1 N–H and O–H groups in total. The normalized spacial score (nSPS) is 14.4. The van der Waals surface area contributed by atoms with Crippen LogP contribution in [0.2, 0.25) is 0 Å². The highest BCUT2D eigenvalue weighted by Gasteiger charge is 2.18. The Kier molecular flexibility index (Phi) is 6.04. The van der Waals surface area contributed by atoms with Crippen molar-refractivity contribution >= 4 is 17.7 Å². The fourth-order valence-electron chi connectivity index (χ4n) is 3.79. The minimum atomic E-state index is -0.0157. The van der Waals surface area contributed by atoms with E-state index in [0.29, 0.717) is 23.9 Å². The summed E-state index contributed by atoms with van der Waals surface area (Å²) in [6, 6.07) is 10.3. The van der Waals surface area contributed by atoms with Gasteiger partial charge in [0.1, 0.15) is 0 Å². The largest absolute Gasteiger partial charge is 0.461 e. The first-order chi connectivity index (χ1) is 14.2. The minimum absolute atomic E-state index is 0.00887. The first-order valence-electron chi connectivity index (χ1n) is 10.2. The minimum Gasteiger partial charge on any atom is -0.461 e. The number of aromatic nitrogens is 3. The van der Waals surface area contributed by atoms with E-state index in [0.717, 1.165) is 11.6 Å². The lowest BCUT2D eigenvalue weighted by Crippen LogP contribution is -2.28. The number of amides is 1. The van der Waals surface area contributed by atoms with Gasteiger partial charge in [0, 0.05) is 6.54 Å². The molecule has 7 heteroatoms. The summed E-state index contributed by atoms with van der Waals surface area (Å²) < 4.78 is 7.39. The fraction of sp³-hybridized carbons (Fsp3) is 0.409. The molecule has 0 bridgehead atoms. The Morgan fingerprint density at radius 3 is 2.83 bits per heavy atom. The number of carbonyl (C=O) groups excluding carboxylic acids is 1. The lowest BCUT2D eigenvalue weighted by Gasteiger charge is -2.20. The van der Waals surface area contributed by atoms with Gasteiger partial charge in [-0.05, 0) is 68.4 Å². The van der Waals surface area contributed by atoms with Crippen LogP contribution in [0.5, 0.6) is 0 Å². The Hall–Kier alpha value is -2.54. The third kappa shape index (κ3) is 4.40. The standard InChI is InChI=1S/C22H26N4O2S/c1-3-26-21(19-9-6-12-28-19)24-25-22(26)29-14-20(27)23-15(2)17-11-10-16-7-4-5-8-18(16)13-17/h6,9-13,15H,3-5,7-8,14H2,1-2H3,(H,23,27)/t15-/m1/s1. The van der Waals surface area contributed by atoms with Gasteiger partial charge in [-0.3, -0.25) is 9.36 Å². The molecule has 29 heavy (non-hydrogen) atoms. The van der Waals surface area contributed by atoms with Crippen molar-refractivity contribution in [2.24, 2.45) is 0 Å². The molecule has 0 saturated heterocycles. The highest BCUT2D eigenvalue weighted by atomic mass is 32.2. The summed E-state index contributed by atoms with van der Waals surface area (Å²) in [5.41, 5.74) is 4.06. The number of rotatable bonds is 7. The smallest absolute Gasteiger partial charge is 0.230 e. The van der Waals surface area contributed by atoms with Crippen LogP contribution in [-0.2, 0) is 24.2 Å². The van der Waals surface area contributed by atoms with Crippen molar-refractivity contribution < 1.29 is 9.21 Å². The molecular formula is C22H26N4O2S. The number of benzene rings is 1. The van der Waals surface area contributed by atoms with E-state index in [4.69, 9.17) is 4.42 Å². The van der Waals surface area contributed by atoms with Crippen molar-refractivity contribution in [2.75, 3.05) is 5.75 Å². The molecule has 4 rings (SSSR count). The van der Waals surface area contributed by atoms with E-state index in [1.807, 2.05) is 30.5 Å². The van der Waals surface area contributed by atoms with Gasteiger partial charge in [-0.25, -0.2) is 0 Å².